The van der Waals surface area contributed by atoms with Gasteiger partial charge >= 0.3 is 0 Å². The smallest absolute Gasteiger partial charge is 0.274 e. The van der Waals surface area contributed by atoms with Crippen molar-refractivity contribution in [3.8, 4) is 16.9 Å². The Bertz CT molecular complexity index is 1210. The summed E-state index contributed by atoms with van der Waals surface area (Å²) in [6.45, 7) is 1.56. The van der Waals surface area contributed by atoms with E-state index in [1.807, 2.05) is 36.5 Å². The molecule has 0 amide bonds. The van der Waals surface area contributed by atoms with Crippen LogP contribution in [0.1, 0.15) is 11.3 Å². The number of halogens is 1. The van der Waals surface area contributed by atoms with Crippen molar-refractivity contribution < 1.29 is 4.39 Å². The third-order valence-electron chi connectivity index (χ3n) is 4.12. The van der Waals surface area contributed by atoms with Crippen molar-refractivity contribution in [1.29, 1.82) is 0 Å². The van der Waals surface area contributed by atoms with Crippen LogP contribution >= 0.6 is 0 Å². The Labute approximate surface area is 164 Å². The predicted molar refractivity (Wildman–Crippen MR) is 108 cm³/mol. The van der Waals surface area contributed by atoms with Gasteiger partial charge in [0.15, 0.2) is 0 Å². The van der Waals surface area contributed by atoms with Crippen LogP contribution in [0.15, 0.2) is 70.7 Å². The summed E-state index contributed by atoms with van der Waals surface area (Å²) in [7, 11) is 0. The van der Waals surface area contributed by atoms with Gasteiger partial charge in [-0.25, -0.2) is 14.5 Å². The van der Waals surface area contributed by atoms with Crippen LogP contribution in [0.5, 0.6) is 0 Å². The number of nitrogens with zero attached hydrogens (tertiary/aromatic N) is 5. The summed E-state index contributed by atoms with van der Waals surface area (Å²) in [6, 6.07) is 15.7. The monoisotopic (exact) mass is 389 g/mol. The zero-order chi connectivity index (χ0) is 20.2. The first-order valence-corrected chi connectivity index (χ1v) is 8.74. The second-order valence-electron chi connectivity index (χ2n) is 6.18. The molecule has 0 atom stereocenters. The van der Waals surface area contributed by atoms with Gasteiger partial charge in [-0.3, -0.25) is 9.78 Å². The van der Waals surface area contributed by atoms with Crippen LogP contribution in [-0.2, 0) is 0 Å². The highest BCUT2D eigenvalue weighted by Gasteiger charge is 2.11. The number of nitrogens with one attached hydrogen (secondary N) is 2. The van der Waals surface area contributed by atoms with Crippen LogP contribution in [0.3, 0.4) is 0 Å². The van der Waals surface area contributed by atoms with Gasteiger partial charge in [0.2, 0.25) is 5.95 Å². The first kappa shape index (κ1) is 18.2. The van der Waals surface area contributed by atoms with Crippen LogP contribution in [-0.4, -0.2) is 31.2 Å². The average Bonchev–Trinajstić information content (AvgIpc) is 3.16. The lowest BCUT2D eigenvalue weighted by atomic mass is 10.1. The number of hydrazone groups is 1. The molecule has 8 nitrogen and oxygen atoms in total. The van der Waals surface area contributed by atoms with Crippen molar-refractivity contribution in [3.63, 3.8) is 0 Å². The Morgan fingerprint density at radius 3 is 2.59 bits per heavy atom. The van der Waals surface area contributed by atoms with Gasteiger partial charge in [-0.15, -0.1) is 10.2 Å². The van der Waals surface area contributed by atoms with Crippen molar-refractivity contribution in [1.82, 2.24) is 25.0 Å². The zero-order valence-electron chi connectivity index (χ0n) is 15.4. The van der Waals surface area contributed by atoms with E-state index in [9.17, 15) is 9.18 Å². The van der Waals surface area contributed by atoms with Gasteiger partial charge in [0.25, 0.3) is 5.56 Å². The molecular weight excluding hydrogens is 373 g/mol. The first-order valence-electron chi connectivity index (χ1n) is 8.74. The van der Waals surface area contributed by atoms with E-state index in [0.717, 1.165) is 11.3 Å². The summed E-state index contributed by atoms with van der Waals surface area (Å²) >= 11 is 0. The lowest BCUT2D eigenvalue weighted by Crippen LogP contribution is -2.15. The summed E-state index contributed by atoms with van der Waals surface area (Å²) in [5.74, 6) is -0.203. The molecule has 4 aromatic rings. The predicted octanol–water partition coefficient (Wildman–Crippen LogP) is 2.91. The molecule has 0 fully saturated rings. The molecule has 144 valence electrons. The SMILES string of the molecule is Cc1nnc(N/N=C\c2cn(-c3ccccc3)nc2-c2ccc(F)cc2)[nH]c1=O. The highest BCUT2D eigenvalue weighted by molar-refractivity contribution is 5.89. The molecule has 0 saturated carbocycles. The Hall–Kier alpha value is -4.14. The number of benzene rings is 2. The number of hydrogen-bond acceptors (Lipinski definition) is 6. The summed E-state index contributed by atoms with van der Waals surface area (Å²) in [5, 5.41) is 16.3. The minimum atomic E-state index is -0.346. The van der Waals surface area contributed by atoms with E-state index in [2.05, 4.69) is 30.8 Å². The molecule has 2 aromatic heterocycles. The van der Waals surface area contributed by atoms with Crippen LogP contribution in [0.2, 0.25) is 0 Å². The zero-order valence-corrected chi connectivity index (χ0v) is 15.4. The van der Waals surface area contributed by atoms with Crippen molar-refractivity contribution in [2.75, 3.05) is 5.43 Å². The van der Waals surface area contributed by atoms with E-state index in [1.165, 1.54) is 12.1 Å². The lowest BCUT2D eigenvalue weighted by Gasteiger charge is -2.00. The van der Waals surface area contributed by atoms with Gasteiger partial charge < -0.3 is 0 Å². The molecule has 0 aliphatic carbocycles. The van der Waals surface area contributed by atoms with E-state index in [-0.39, 0.29) is 23.0 Å². The molecule has 0 radical (unpaired) electrons. The third-order valence-corrected chi connectivity index (χ3v) is 4.12. The molecule has 0 aliphatic rings. The summed E-state index contributed by atoms with van der Waals surface area (Å²) in [5.41, 5.74) is 5.49. The van der Waals surface area contributed by atoms with E-state index in [4.69, 9.17) is 0 Å². The van der Waals surface area contributed by atoms with E-state index in [0.29, 0.717) is 11.3 Å². The standard InChI is InChI=1S/C20H16FN7O/c1-13-19(29)23-20(26-24-13)25-22-11-15-12-28(17-5-3-2-4-6-17)27-18(15)14-7-9-16(21)10-8-14/h2-12H,1H3,(H2,23,25,26,29)/b22-11-. The van der Waals surface area contributed by atoms with E-state index in [1.54, 1.807) is 30.0 Å². The Morgan fingerprint density at radius 2 is 1.86 bits per heavy atom. The van der Waals surface area contributed by atoms with Crippen molar-refractivity contribution in [2.45, 2.75) is 6.92 Å². The molecule has 0 aliphatic heterocycles. The molecule has 2 N–H and O–H groups in total. The molecular formula is C20H16FN7O. The molecule has 29 heavy (non-hydrogen) atoms. The van der Waals surface area contributed by atoms with Crippen LogP contribution in [0.25, 0.3) is 16.9 Å². The number of rotatable bonds is 5. The molecule has 4 rings (SSSR count). The Balaban J connectivity index is 1.68. The maximum Gasteiger partial charge on any atom is 0.274 e. The van der Waals surface area contributed by atoms with Gasteiger partial charge in [-0.05, 0) is 43.3 Å². The maximum atomic E-state index is 13.3. The highest BCUT2D eigenvalue weighted by Crippen LogP contribution is 2.23. The van der Waals surface area contributed by atoms with E-state index < -0.39 is 0 Å². The molecule has 9 heteroatoms. The van der Waals surface area contributed by atoms with Gasteiger partial charge in [-0.2, -0.15) is 10.2 Å². The molecule has 0 bridgehead atoms. The Morgan fingerprint density at radius 1 is 1.10 bits per heavy atom. The molecule has 0 unspecified atom stereocenters. The number of aromatic amines is 1. The van der Waals surface area contributed by atoms with Gasteiger partial charge in [-0.1, -0.05) is 18.2 Å². The Kier molecular flexibility index (Phi) is 4.93. The van der Waals surface area contributed by atoms with Crippen LogP contribution in [0, 0.1) is 12.7 Å². The minimum Gasteiger partial charge on any atom is -0.288 e. The number of hydrogen-bond donors (Lipinski definition) is 2. The van der Waals surface area contributed by atoms with Gasteiger partial charge in [0, 0.05) is 17.3 Å². The summed E-state index contributed by atoms with van der Waals surface area (Å²) in [6.07, 6.45) is 3.35. The fourth-order valence-corrected chi connectivity index (χ4v) is 2.63. The number of aryl methyl sites for hydroxylation is 1. The first-order chi connectivity index (χ1) is 14.1. The van der Waals surface area contributed by atoms with Crippen molar-refractivity contribution >= 4 is 12.2 Å². The quantitative estimate of drug-likeness (QED) is 0.404. The molecule has 2 heterocycles. The van der Waals surface area contributed by atoms with Crippen LogP contribution < -0.4 is 11.0 Å². The number of para-hydroxylation sites is 1. The molecule has 0 spiro atoms. The summed E-state index contributed by atoms with van der Waals surface area (Å²) in [4.78, 5) is 14.1. The largest absolute Gasteiger partial charge is 0.288 e. The summed E-state index contributed by atoms with van der Waals surface area (Å²) < 4.78 is 15.0. The minimum absolute atomic E-state index is 0.121. The second kappa shape index (κ2) is 7.85. The normalized spacial score (nSPS) is 11.1. The highest BCUT2D eigenvalue weighted by atomic mass is 19.1. The maximum absolute atomic E-state index is 13.3. The van der Waals surface area contributed by atoms with Gasteiger partial charge in [0.1, 0.15) is 17.2 Å². The number of aromatic nitrogens is 5. The molecule has 2 aromatic carbocycles. The molecule has 0 saturated heterocycles. The number of H-pyrrole nitrogens is 1. The lowest BCUT2D eigenvalue weighted by molar-refractivity contribution is 0.628. The second-order valence-corrected chi connectivity index (χ2v) is 6.18. The van der Waals surface area contributed by atoms with Crippen LogP contribution in [0.4, 0.5) is 10.3 Å². The van der Waals surface area contributed by atoms with Crippen molar-refractivity contribution in [2.24, 2.45) is 5.10 Å². The fourth-order valence-electron chi connectivity index (χ4n) is 2.63. The van der Waals surface area contributed by atoms with Gasteiger partial charge in [0.05, 0.1) is 11.9 Å². The third kappa shape index (κ3) is 4.08. The van der Waals surface area contributed by atoms with Crippen molar-refractivity contribution in [3.05, 3.63) is 88.2 Å². The average molecular weight is 389 g/mol. The topological polar surface area (TPSA) is 101 Å². The fraction of sp³-hybridized carbons (Fsp3) is 0.0500. The van der Waals surface area contributed by atoms with E-state index >= 15 is 0 Å². The number of anilines is 1.